The topological polar surface area (TPSA) is 111 Å². The molecule has 1 fully saturated rings. The Hall–Kier alpha value is -2.74. The molecule has 170 valence electrons. The van der Waals surface area contributed by atoms with Crippen molar-refractivity contribution in [2.75, 3.05) is 27.2 Å². The number of carbonyl (C=O) groups excluding carboxylic acids is 1. The van der Waals surface area contributed by atoms with E-state index in [4.69, 9.17) is 10.2 Å². The number of carbonyl (C=O) groups is 3. The van der Waals surface area contributed by atoms with Gasteiger partial charge < -0.3 is 20.0 Å². The van der Waals surface area contributed by atoms with Crippen LogP contribution < -0.4 is 0 Å². The van der Waals surface area contributed by atoms with Gasteiger partial charge >= 0.3 is 11.9 Å². The van der Waals surface area contributed by atoms with Crippen LogP contribution in [0.4, 0.5) is 0 Å². The van der Waals surface area contributed by atoms with Gasteiger partial charge in [-0.15, -0.1) is 0 Å². The van der Waals surface area contributed by atoms with Gasteiger partial charge in [-0.2, -0.15) is 0 Å². The van der Waals surface area contributed by atoms with Crippen molar-refractivity contribution < 1.29 is 24.6 Å². The van der Waals surface area contributed by atoms with Gasteiger partial charge in [0, 0.05) is 30.9 Å². The number of amides is 1. The first-order valence-corrected chi connectivity index (χ1v) is 10.8. The number of fused-ring (bicyclic) bond motifs is 1. The van der Waals surface area contributed by atoms with Crippen molar-refractivity contribution in [2.45, 2.75) is 51.0 Å². The number of pyridine rings is 1. The highest BCUT2D eigenvalue weighted by atomic mass is 16.4. The Labute approximate surface area is 183 Å². The van der Waals surface area contributed by atoms with E-state index >= 15 is 0 Å². The Bertz CT molecular complexity index is 771. The van der Waals surface area contributed by atoms with Crippen molar-refractivity contribution in [2.24, 2.45) is 5.92 Å². The maximum atomic E-state index is 13.1. The highest BCUT2D eigenvalue weighted by Gasteiger charge is 2.33. The molecule has 8 nitrogen and oxygen atoms in total. The van der Waals surface area contributed by atoms with Gasteiger partial charge in [0.2, 0.25) is 0 Å². The van der Waals surface area contributed by atoms with Crippen molar-refractivity contribution in [3.8, 4) is 0 Å². The molecule has 2 aliphatic rings. The second kappa shape index (κ2) is 12.2. The maximum absolute atomic E-state index is 13.1. The smallest absolute Gasteiger partial charge is 0.328 e. The summed E-state index contributed by atoms with van der Waals surface area (Å²) < 4.78 is 0. The molecule has 1 aromatic rings. The predicted octanol–water partition coefficient (Wildman–Crippen LogP) is 2.69. The van der Waals surface area contributed by atoms with E-state index in [0.717, 1.165) is 37.2 Å². The standard InChI is InChI=1S/C19H29N3O.C4H4O4/c1-21(2)12-10-15-13-18-17(9-6-11-20-18)19(23)22(14-15)16-7-4-3-5-8-16;5-3(6)1-2-4(7)8/h6,9,11,15-16H,3-5,7-8,10,12-14H2,1-2H3;1-2H,(H,5,6)(H,7,8). The lowest BCUT2D eigenvalue weighted by Gasteiger charge is -2.35. The summed E-state index contributed by atoms with van der Waals surface area (Å²) in [5.41, 5.74) is 1.84. The average molecular weight is 432 g/mol. The lowest BCUT2D eigenvalue weighted by molar-refractivity contribution is -0.134. The second-order valence-electron chi connectivity index (χ2n) is 8.42. The largest absolute Gasteiger partial charge is 0.478 e. The molecule has 1 amide bonds. The Morgan fingerprint density at radius 1 is 1.16 bits per heavy atom. The molecular weight excluding hydrogens is 398 g/mol. The zero-order valence-corrected chi connectivity index (χ0v) is 18.4. The number of aromatic nitrogens is 1. The molecule has 0 aromatic carbocycles. The summed E-state index contributed by atoms with van der Waals surface area (Å²) >= 11 is 0. The zero-order chi connectivity index (χ0) is 22.8. The number of hydrogen-bond donors (Lipinski definition) is 2. The zero-order valence-electron chi connectivity index (χ0n) is 18.4. The summed E-state index contributed by atoms with van der Waals surface area (Å²) in [5, 5.41) is 15.6. The molecule has 8 heteroatoms. The Morgan fingerprint density at radius 3 is 2.39 bits per heavy atom. The van der Waals surface area contributed by atoms with Gasteiger partial charge in [-0.1, -0.05) is 19.3 Å². The molecule has 0 spiro atoms. The van der Waals surface area contributed by atoms with Crippen LogP contribution in [0.1, 0.15) is 54.6 Å². The molecule has 1 atom stereocenters. The normalized spacial score (nSPS) is 19.5. The van der Waals surface area contributed by atoms with E-state index in [9.17, 15) is 14.4 Å². The fourth-order valence-corrected chi connectivity index (χ4v) is 4.13. The van der Waals surface area contributed by atoms with Crippen LogP contribution in [0.25, 0.3) is 0 Å². The summed E-state index contributed by atoms with van der Waals surface area (Å²) in [6, 6.07) is 4.30. The van der Waals surface area contributed by atoms with E-state index in [2.05, 4.69) is 28.9 Å². The first-order valence-electron chi connectivity index (χ1n) is 10.8. The lowest BCUT2D eigenvalue weighted by Crippen LogP contribution is -2.43. The highest BCUT2D eigenvalue weighted by molar-refractivity contribution is 5.95. The SMILES string of the molecule is CN(C)CCC1Cc2ncccc2C(=O)N(C2CCCCC2)C1.O=C(O)C=CC(=O)O. The molecule has 1 unspecified atom stereocenters. The molecule has 31 heavy (non-hydrogen) atoms. The van der Waals surface area contributed by atoms with E-state index < -0.39 is 11.9 Å². The van der Waals surface area contributed by atoms with Crippen LogP contribution in [-0.4, -0.2) is 76.1 Å². The van der Waals surface area contributed by atoms with Crippen LogP contribution in [0.2, 0.25) is 0 Å². The lowest BCUT2D eigenvalue weighted by atomic mass is 9.92. The number of nitrogens with zero attached hydrogens (tertiary/aromatic N) is 3. The molecule has 2 heterocycles. The molecule has 0 radical (unpaired) electrons. The Kier molecular flexibility index (Phi) is 9.65. The first kappa shape index (κ1) is 24.5. The van der Waals surface area contributed by atoms with Crippen LogP contribution >= 0.6 is 0 Å². The third-order valence-electron chi connectivity index (χ3n) is 5.69. The minimum absolute atomic E-state index is 0.215. The number of carboxylic acid groups (broad SMARTS) is 2. The minimum Gasteiger partial charge on any atom is -0.478 e. The van der Waals surface area contributed by atoms with Gasteiger partial charge in [0.25, 0.3) is 5.91 Å². The van der Waals surface area contributed by atoms with Crippen LogP contribution in [0.5, 0.6) is 0 Å². The third-order valence-corrected chi connectivity index (χ3v) is 5.69. The van der Waals surface area contributed by atoms with E-state index in [1.54, 1.807) is 0 Å². The Balaban J connectivity index is 0.000000366. The van der Waals surface area contributed by atoms with Gasteiger partial charge in [0.05, 0.1) is 11.3 Å². The fraction of sp³-hybridized carbons (Fsp3) is 0.565. The summed E-state index contributed by atoms with van der Waals surface area (Å²) in [7, 11) is 4.24. The molecule has 1 aliphatic carbocycles. The average Bonchev–Trinajstić information content (AvgIpc) is 2.88. The summed E-state index contributed by atoms with van der Waals surface area (Å²) in [6.07, 6.45) is 11.2. The van der Waals surface area contributed by atoms with Crippen LogP contribution in [0.15, 0.2) is 30.5 Å². The van der Waals surface area contributed by atoms with E-state index in [1.807, 2.05) is 18.3 Å². The molecule has 0 saturated heterocycles. The van der Waals surface area contributed by atoms with E-state index in [-0.39, 0.29) is 5.91 Å². The minimum atomic E-state index is -1.26. The van der Waals surface area contributed by atoms with Crippen LogP contribution in [-0.2, 0) is 16.0 Å². The van der Waals surface area contributed by atoms with E-state index in [1.165, 1.54) is 32.1 Å². The van der Waals surface area contributed by atoms with Gasteiger partial charge in [-0.3, -0.25) is 9.78 Å². The molecule has 1 saturated carbocycles. The molecule has 1 aliphatic heterocycles. The number of rotatable bonds is 6. The molecule has 1 aromatic heterocycles. The summed E-state index contributed by atoms with van der Waals surface area (Å²) in [6.45, 7) is 1.97. The Morgan fingerprint density at radius 2 is 1.81 bits per heavy atom. The maximum Gasteiger partial charge on any atom is 0.328 e. The van der Waals surface area contributed by atoms with Crippen molar-refractivity contribution in [3.63, 3.8) is 0 Å². The molecule has 2 N–H and O–H groups in total. The van der Waals surface area contributed by atoms with Gasteiger partial charge in [-0.25, -0.2) is 9.59 Å². The fourth-order valence-electron chi connectivity index (χ4n) is 4.13. The van der Waals surface area contributed by atoms with Crippen molar-refractivity contribution in [1.29, 1.82) is 0 Å². The summed E-state index contributed by atoms with van der Waals surface area (Å²) in [5.74, 6) is -1.79. The van der Waals surface area contributed by atoms with Crippen LogP contribution in [0, 0.1) is 5.92 Å². The first-order chi connectivity index (χ1) is 14.8. The van der Waals surface area contributed by atoms with Crippen molar-refractivity contribution in [3.05, 3.63) is 41.7 Å². The van der Waals surface area contributed by atoms with Gasteiger partial charge in [0.1, 0.15) is 0 Å². The number of hydrogen-bond acceptors (Lipinski definition) is 5. The molecule has 3 rings (SSSR count). The monoisotopic (exact) mass is 431 g/mol. The van der Waals surface area contributed by atoms with Crippen molar-refractivity contribution >= 4 is 17.8 Å². The number of aliphatic carboxylic acids is 2. The summed E-state index contributed by atoms with van der Waals surface area (Å²) in [4.78, 5) is 41.1. The van der Waals surface area contributed by atoms with Crippen molar-refractivity contribution in [1.82, 2.24) is 14.8 Å². The predicted molar refractivity (Wildman–Crippen MR) is 117 cm³/mol. The molecule has 0 bridgehead atoms. The third kappa shape index (κ3) is 8.13. The van der Waals surface area contributed by atoms with Crippen LogP contribution in [0.3, 0.4) is 0 Å². The second-order valence-corrected chi connectivity index (χ2v) is 8.42. The van der Waals surface area contributed by atoms with Gasteiger partial charge in [-0.05, 0) is 64.4 Å². The van der Waals surface area contributed by atoms with E-state index in [0.29, 0.717) is 24.1 Å². The van der Waals surface area contributed by atoms with Gasteiger partial charge in [0.15, 0.2) is 0 Å². The number of carboxylic acids is 2. The molecular formula is C23H33N3O5. The quantitative estimate of drug-likeness (QED) is 0.666. The highest BCUT2D eigenvalue weighted by Crippen LogP contribution is 2.29.